The molecule has 1 amide bonds. The fraction of sp³-hybridized carbons (Fsp3) is 0.200. The first-order chi connectivity index (χ1) is 13.0. The number of phenolic OH excluding ortho intramolecular Hbond substituents is 1. The van der Waals surface area contributed by atoms with Gasteiger partial charge in [0.1, 0.15) is 5.82 Å². The predicted octanol–water partition coefficient (Wildman–Crippen LogP) is 4.02. The first-order valence-corrected chi connectivity index (χ1v) is 8.88. The summed E-state index contributed by atoms with van der Waals surface area (Å²) in [5, 5.41) is 18.1. The van der Waals surface area contributed by atoms with E-state index in [2.05, 4.69) is 10.4 Å². The number of aryl methyl sites for hydroxylation is 1. The predicted molar refractivity (Wildman–Crippen MR) is 103 cm³/mol. The maximum Gasteiger partial charge on any atom is 0.226 e. The van der Waals surface area contributed by atoms with Gasteiger partial charge in [0.05, 0.1) is 18.5 Å². The Kier molecular flexibility index (Phi) is 4.28. The molecule has 0 saturated heterocycles. The Morgan fingerprint density at radius 2 is 2.00 bits per heavy atom. The molecular formula is C20H18ClN3O3. The molecule has 27 heavy (non-hydrogen) atoms. The van der Waals surface area contributed by atoms with Crippen LogP contribution in [-0.4, -0.2) is 27.9 Å². The van der Waals surface area contributed by atoms with Gasteiger partial charge in [-0.25, -0.2) is 4.68 Å². The molecule has 2 heterocycles. The van der Waals surface area contributed by atoms with Gasteiger partial charge in [0.15, 0.2) is 11.5 Å². The highest BCUT2D eigenvalue weighted by molar-refractivity contribution is 6.30. The maximum atomic E-state index is 12.4. The van der Waals surface area contributed by atoms with Gasteiger partial charge in [0.2, 0.25) is 5.91 Å². The number of carbonyl (C=O) groups is 1. The normalized spacial score (nSPS) is 16.0. The quantitative estimate of drug-likeness (QED) is 0.716. The van der Waals surface area contributed by atoms with Crippen LogP contribution in [0.25, 0.3) is 5.69 Å². The molecule has 1 aliphatic rings. The lowest BCUT2D eigenvalue weighted by Gasteiger charge is -2.25. The average molecular weight is 384 g/mol. The fourth-order valence-electron chi connectivity index (χ4n) is 3.51. The van der Waals surface area contributed by atoms with E-state index in [1.807, 2.05) is 25.1 Å². The molecule has 4 rings (SSSR count). The number of ether oxygens (including phenoxy) is 1. The first-order valence-electron chi connectivity index (χ1n) is 8.50. The van der Waals surface area contributed by atoms with E-state index in [4.69, 9.17) is 16.3 Å². The van der Waals surface area contributed by atoms with Crippen LogP contribution in [0.1, 0.15) is 29.2 Å². The number of aromatic nitrogens is 2. The molecule has 0 spiro atoms. The summed E-state index contributed by atoms with van der Waals surface area (Å²) in [6.45, 7) is 1.92. The Morgan fingerprint density at radius 1 is 1.26 bits per heavy atom. The minimum Gasteiger partial charge on any atom is -0.504 e. The van der Waals surface area contributed by atoms with Crippen molar-refractivity contribution in [1.29, 1.82) is 0 Å². The van der Waals surface area contributed by atoms with Crippen molar-refractivity contribution in [1.82, 2.24) is 9.78 Å². The summed E-state index contributed by atoms with van der Waals surface area (Å²) in [7, 11) is 1.50. The second-order valence-electron chi connectivity index (χ2n) is 6.47. The van der Waals surface area contributed by atoms with E-state index in [0.29, 0.717) is 23.0 Å². The van der Waals surface area contributed by atoms with Crippen LogP contribution in [0.15, 0.2) is 42.5 Å². The van der Waals surface area contributed by atoms with Crippen molar-refractivity contribution >= 4 is 23.3 Å². The molecule has 7 heteroatoms. The number of halogens is 1. The lowest BCUT2D eigenvalue weighted by molar-refractivity contribution is -0.116. The van der Waals surface area contributed by atoms with Gasteiger partial charge < -0.3 is 15.2 Å². The number of anilines is 1. The van der Waals surface area contributed by atoms with Gasteiger partial charge in [0, 0.05) is 22.9 Å². The molecule has 0 radical (unpaired) electrons. The number of nitrogens with zero attached hydrogens (tertiary/aromatic N) is 2. The fourth-order valence-corrected chi connectivity index (χ4v) is 3.64. The topological polar surface area (TPSA) is 76.4 Å². The van der Waals surface area contributed by atoms with Crippen molar-refractivity contribution in [2.75, 3.05) is 12.4 Å². The van der Waals surface area contributed by atoms with Crippen molar-refractivity contribution in [2.45, 2.75) is 19.3 Å². The van der Waals surface area contributed by atoms with Crippen molar-refractivity contribution in [2.24, 2.45) is 0 Å². The number of hydrogen-bond donors (Lipinski definition) is 2. The largest absolute Gasteiger partial charge is 0.504 e. The van der Waals surface area contributed by atoms with Crippen LogP contribution in [0.3, 0.4) is 0 Å². The molecule has 1 aromatic heterocycles. The van der Waals surface area contributed by atoms with Crippen LogP contribution in [0.5, 0.6) is 11.5 Å². The molecule has 1 aliphatic heterocycles. The van der Waals surface area contributed by atoms with Crippen molar-refractivity contribution in [3.05, 3.63) is 64.3 Å². The summed E-state index contributed by atoms with van der Waals surface area (Å²) >= 11 is 5.98. The van der Waals surface area contributed by atoms with Crippen LogP contribution >= 0.6 is 11.6 Å². The number of rotatable bonds is 3. The number of phenols is 1. The molecule has 0 unspecified atom stereocenters. The molecule has 0 aliphatic carbocycles. The average Bonchev–Trinajstić information content (AvgIpc) is 2.98. The van der Waals surface area contributed by atoms with E-state index >= 15 is 0 Å². The van der Waals surface area contributed by atoms with Crippen LogP contribution < -0.4 is 10.1 Å². The molecule has 1 atom stereocenters. The third kappa shape index (κ3) is 3.02. The Morgan fingerprint density at radius 3 is 2.70 bits per heavy atom. The summed E-state index contributed by atoms with van der Waals surface area (Å²) in [5.41, 5.74) is 3.49. The zero-order valence-electron chi connectivity index (χ0n) is 14.9. The lowest BCUT2D eigenvalue weighted by atomic mass is 9.85. The Labute approximate surface area is 161 Å². The SMILES string of the molecule is COc1cc([C@@H]2CC(=O)Nc3c2c(C)nn3-c2ccc(Cl)cc2)ccc1O. The Hall–Kier alpha value is -2.99. The summed E-state index contributed by atoms with van der Waals surface area (Å²) < 4.78 is 6.95. The van der Waals surface area contributed by atoms with E-state index in [1.54, 1.807) is 28.9 Å². The zero-order chi connectivity index (χ0) is 19.1. The molecular weight excluding hydrogens is 366 g/mol. The molecule has 2 N–H and O–H groups in total. The molecule has 2 aromatic carbocycles. The summed E-state index contributed by atoms with van der Waals surface area (Å²) in [6, 6.07) is 12.4. The third-order valence-corrected chi connectivity index (χ3v) is 5.03. The summed E-state index contributed by atoms with van der Waals surface area (Å²) in [5.74, 6) is 0.833. The molecule has 0 bridgehead atoms. The number of carbonyl (C=O) groups excluding carboxylic acids is 1. The van der Waals surface area contributed by atoms with Crippen LogP contribution in [0.2, 0.25) is 5.02 Å². The second-order valence-corrected chi connectivity index (χ2v) is 6.91. The minimum absolute atomic E-state index is 0.0651. The number of hydrogen-bond acceptors (Lipinski definition) is 4. The standard InChI is InChI=1S/C20H18ClN3O3/c1-11-19-15(12-3-8-16(25)17(9-12)27-2)10-18(26)22-20(19)24(23-11)14-6-4-13(21)5-7-14/h3-9,15,25H,10H2,1-2H3,(H,22,26)/t15-/m0/s1. The van der Waals surface area contributed by atoms with Crippen molar-refractivity contribution < 1.29 is 14.6 Å². The zero-order valence-corrected chi connectivity index (χ0v) is 15.6. The Bertz CT molecular complexity index is 1030. The summed E-state index contributed by atoms with van der Waals surface area (Å²) in [6.07, 6.45) is 0.300. The van der Waals surface area contributed by atoms with Gasteiger partial charge in [-0.05, 0) is 48.9 Å². The van der Waals surface area contributed by atoms with E-state index in [1.165, 1.54) is 7.11 Å². The van der Waals surface area contributed by atoms with Crippen LogP contribution in [-0.2, 0) is 4.79 Å². The highest BCUT2D eigenvalue weighted by atomic mass is 35.5. The van der Waals surface area contributed by atoms with Gasteiger partial charge in [-0.2, -0.15) is 5.10 Å². The summed E-state index contributed by atoms with van der Waals surface area (Å²) in [4.78, 5) is 12.4. The second kappa shape index (κ2) is 6.63. The highest BCUT2D eigenvalue weighted by Gasteiger charge is 2.33. The van der Waals surface area contributed by atoms with Gasteiger partial charge >= 0.3 is 0 Å². The van der Waals surface area contributed by atoms with E-state index in [9.17, 15) is 9.90 Å². The van der Waals surface area contributed by atoms with Crippen molar-refractivity contribution in [3.63, 3.8) is 0 Å². The number of benzene rings is 2. The van der Waals surface area contributed by atoms with Crippen LogP contribution in [0.4, 0.5) is 5.82 Å². The number of amides is 1. The molecule has 138 valence electrons. The smallest absolute Gasteiger partial charge is 0.226 e. The van der Waals surface area contributed by atoms with E-state index in [0.717, 1.165) is 22.5 Å². The van der Waals surface area contributed by atoms with Gasteiger partial charge in [0.25, 0.3) is 0 Å². The van der Waals surface area contributed by atoms with Gasteiger partial charge in [-0.3, -0.25) is 4.79 Å². The van der Waals surface area contributed by atoms with Gasteiger partial charge in [-0.15, -0.1) is 0 Å². The van der Waals surface area contributed by atoms with E-state index in [-0.39, 0.29) is 17.6 Å². The molecule has 0 saturated carbocycles. The monoisotopic (exact) mass is 383 g/mol. The number of nitrogens with one attached hydrogen (secondary N) is 1. The van der Waals surface area contributed by atoms with Crippen LogP contribution in [0, 0.1) is 6.92 Å². The maximum absolute atomic E-state index is 12.4. The third-order valence-electron chi connectivity index (χ3n) is 4.78. The highest BCUT2D eigenvalue weighted by Crippen LogP contribution is 2.42. The lowest BCUT2D eigenvalue weighted by Crippen LogP contribution is -2.25. The minimum atomic E-state index is -0.177. The number of fused-ring (bicyclic) bond motifs is 1. The molecule has 3 aromatic rings. The molecule has 0 fully saturated rings. The number of methoxy groups -OCH3 is 1. The van der Waals surface area contributed by atoms with Gasteiger partial charge in [-0.1, -0.05) is 17.7 Å². The molecule has 6 nitrogen and oxygen atoms in total. The number of aromatic hydroxyl groups is 1. The van der Waals surface area contributed by atoms with Crippen molar-refractivity contribution in [3.8, 4) is 17.2 Å². The van der Waals surface area contributed by atoms with E-state index < -0.39 is 0 Å². The Balaban J connectivity index is 1.85. The first kappa shape index (κ1) is 17.4.